The summed E-state index contributed by atoms with van der Waals surface area (Å²) in [5, 5.41) is 16.8. The molecule has 0 aliphatic heterocycles. The molecule has 4 aromatic heterocycles. The van der Waals surface area contributed by atoms with E-state index >= 15 is 0 Å². The van der Waals surface area contributed by atoms with Gasteiger partial charge in [0.2, 0.25) is 5.95 Å². The molecule has 0 spiro atoms. The van der Waals surface area contributed by atoms with Crippen molar-refractivity contribution >= 4 is 40.0 Å². The predicted octanol–water partition coefficient (Wildman–Crippen LogP) is 3.28. The Kier molecular flexibility index (Phi) is 5.03. The molecule has 3 N–H and O–H groups in total. The minimum atomic E-state index is -1.09. The van der Waals surface area contributed by atoms with Crippen LogP contribution in [0.4, 0.5) is 22.7 Å². The molecule has 0 bridgehead atoms. The summed E-state index contributed by atoms with van der Waals surface area (Å²) in [5.41, 5.74) is 1.52. The van der Waals surface area contributed by atoms with Gasteiger partial charge in [0.05, 0.1) is 0 Å². The van der Waals surface area contributed by atoms with Crippen LogP contribution in [0.2, 0.25) is 0 Å². The van der Waals surface area contributed by atoms with Crippen LogP contribution in [0.1, 0.15) is 16.2 Å². The molecule has 0 aliphatic carbocycles. The van der Waals surface area contributed by atoms with E-state index in [2.05, 4.69) is 40.5 Å². The van der Waals surface area contributed by atoms with Crippen molar-refractivity contribution in [1.82, 2.24) is 29.9 Å². The lowest BCUT2D eigenvalue weighted by Crippen LogP contribution is -2.03. The number of anilines is 4. The van der Waals surface area contributed by atoms with Gasteiger partial charge in [0.1, 0.15) is 17.3 Å². The van der Waals surface area contributed by atoms with Crippen molar-refractivity contribution < 1.29 is 9.90 Å². The second-order valence-corrected chi connectivity index (χ2v) is 6.65. The first-order chi connectivity index (χ1) is 14.1. The van der Waals surface area contributed by atoms with Gasteiger partial charge >= 0.3 is 5.97 Å². The van der Waals surface area contributed by atoms with Crippen molar-refractivity contribution in [2.75, 3.05) is 10.6 Å². The van der Waals surface area contributed by atoms with Crippen LogP contribution < -0.4 is 10.6 Å². The molecule has 0 saturated carbocycles. The molecule has 4 rings (SSSR count). The Bertz CT molecular complexity index is 1180. The van der Waals surface area contributed by atoms with Crippen molar-refractivity contribution in [2.45, 2.75) is 6.92 Å². The number of aryl methyl sites for hydroxylation is 1. The van der Waals surface area contributed by atoms with Crippen LogP contribution >= 0.6 is 11.3 Å². The van der Waals surface area contributed by atoms with E-state index in [1.54, 1.807) is 24.5 Å². The summed E-state index contributed by atoms with van der Waals surface area (Å²) in [6.07, 6.45) is 3.20. The monoisotopic (exact) mass is 406 g/mol. The van der Waals surface area contributed by atoms with Crippen molar-refractivity contribution in [3.05, 3.63) is 59.5 Å². The molecule has 0 unspecified atom stereocenters. The highest BCUT2D eigenvalue weighted by atomic mass is 32.1. The number of nitrogens with zero attached hydrogens (tertiary/aromatic N) is 6. The molecule has 29 heavy (non-hydrogen) atoms. The van der Waals surface area contributed by atoms with Gasteiger partial charge in [-0.05, 0) is 31.2 Å². The van der Waals surface area contributed by atoms with Crippen molar-refractivity contribution in [3.8, 4) is 11.5 Å². The lowest BCUT2D eigenvalue weighted by Gasteiger charge is -2.07. The van der Waals surface area contributed by atoms with Gasteiger partial charge in [-0.2, -0.15) is 4.98 Å². The van der Waals surface area contributed by atoms with Gasteiger partial charge in [-0.1, -0.05) is 6.07 Å². The first-order valence-electron chi connectivity index (χ1n) is 8.40. The van der Waals surface area contributed by atoms with E-state index in [0.29, 0.717) is 28.3 Å². The fourth-order valence-electron chi connectivity index (χ4n) is 2.36. The maximum atomic E-state index is 10.9. The second kappa shape index (κ2) is 7.94. The molecular formula is C18H14N8O2S. The highest BCUT2D eigenvalue weighted by Crippen LogP contribution is 2.21. The Labute approximate surface area is 168 Å². The maximum Gasteiger partial charge on any atom is 0.355 e. The summed E-state index contributed by atoms with van der Waals surface area (Å²) in [6, 6.07) is 9.05. The molecule has 10 nitrogen and oxygen atoms in total. The Balaban J connectivity index is 1.52. The quantitative estimate of drug-likeness (QED) is 0.437. The van der Waals surface area contributed by atoms with Gasteiger partial charge in [0.15, 0.2) is 16.6 Å². The van der Waals surface area contributed by atoms with Crippen LogP contribution in [0.3, 0.4) is 0 Å². The third-order valence-corrected chi connectivity index (χ3v) is 4.38. The Morgan fingerprint density at radius 3 is 2.52 bits per heavy atom. The van der Waals surface area contributed by atoms with E-state index in [1.165, 1.54) is 5.38 Å². The fourth-order valence-corrected chi connectivity index (χ4v) is 3.04. The van der Waals surface area contributed by atoms with Gasteiger partial charge < -0.3 is 10.4 Å². The number of nitrogens with one attached hydrogen (secondary N) is 2. The predicted molar refractivity (Wildman–Crippen MR) is 108 cm³/mol. The number of aromatic nitrogens is 6. The molecule has 4 heterocycles. The number of carboxylic acid groups (broad SMARTS) is 1. The van der Waals surface area contributed by atoms with E-state index in [-0.39, 0.29) is 11.6 Å². The second-order valence-electron chi connectivity index (χ2n) is 5.79. The summed E-state index contributed by atoms with van der Waals surface area (Å²) in [6.45, 7) is 1.91. The largest absolute Gasteiger partial charge is 0.476 e. The number of hydrogen-bond acceptors (Lipinski definition) is 10. The lowest BCUT2D eigenvalue weighted by atomic mass is 10.3. The molecule has 144 valence electrons. The molecule has 0 aliphatic rings. The van der Waals surface area contributed by atoms with Crippen LogP contribution in [0.25, 0.3) is 11.5 Å². The third-order valence-electron chi connectivity index (χ3n) is 3.63. The summed E-state index contributed by atoms with van der Waals surface area (Å²) in [7, 11) is 0. The van der Waals surface area contributed by atoms with Crippen LogP contribution in [0.15, 0.2) is 48.1 Å². The zero-order valence-electron chi connectivity index (χ0n) is 15.1. The van der Waals surface area contributed by atoms with E-state index in [0.717, 1.165) is 17.0 Å². The molecule has 0 saturated heterocycles. The zero-order valence-corrected chi connectivity index (χ0v) is 15.9. The summed E-state index contributed by atoms with van der Waals surface area (Å²) in [4.78, 5) is 36.5. The van der Waals surface area contributed by atoms with E-state index < -0.39 is 5.97 Å². The smallest absolute Gasteiger partial charge is 0.355 e. The first-order valence-corrected chi connectivity index (χ1v) is 9.28. The third kappa shape index (κ3) is 4.47. The van der Waals surface area contributed by atoms with Crippen LogP contribution in [0, 0.1) is 6.92 Å². The van der Waals surface area contributed by atoms with Gasteiger partial charge in [-0.3, -0.25) is 5.32 Å². The molecular weight excluding hydrogens is 392 g/mol. The van der Waals surface area contributed by atoms with E-state index in [4.69, 9.17) is 5.11 Å². The standard InChI is InChI=1S/C18H14N8O2S/c1-10-3-2-4-11(21-10)15-19-7-5-13(24-15)23-14-6-8-20-17(25-14)26-18-22-12(9-29-18)16(27)28/h2-9H,1H3,(H,27,28)(H2,19,20,22,23,24,25,26). The number of carbonyl (C=O) groups is 1. The van der Waals surface area contributed by atoms with Gasteiger partial charge in [0, 0.05) is 23.5 Å². The van der Waals surface area contributed by atoms with Crippen LogP contribution in [0.5, 0.6) is 0 Å². The average Bonchev–Trinajstić information content (AvgIpc) is 3.17. The summed E-state index contributed by atoms with van der Waals surface area (Å²) < 4.78 is 0. The zero-order chi connectivity index (χ0) is 20.2. The van der Waals surface area contributed by atoms with Crippen molar-refractivity contribution in [2.24, 2.45) is 0 Å². The van der Waals surface area contributed by atoms with Crippen molar-refractivity contribution in [3.63, 3.8) is 0 Å². The molecule has 0 amide bonds. The minimum Gasteiger partial charge on any atom is -0.476 e. The number of hydrogen-bond donors (Lipinski definition) is 3. The SMILES string of the molecule is Cc1cccc(-c2nccc(Nc3ccnc(Nc4nc(C(=O)O)cs4)n3)n2)n1. The van der Waals surface area contributed by atoms with E-state index in [1.807, 2.05) is 25.1 Å². The molecule has 11 heteroatoms. The highest BCUT2D eigenvalue weighted by Gasteiger charge is 2.10. The number of pyridine rings is 1. The number of aromatic carboxylic acids is 1. The van der Waals surface area contributed by atoms with E-state index in [9.17, 15) is 4.79 Å². The van der Waals surface area contributed by atoms with Gasteiger partial charge in [0.25, 0.3) is 0 Å². The topological polar surface area (TPSA) is 139 Å². The fraction of sp³-hybridized carbons (Fsp3) is 0.0556. The lowest BCUT2D eigenvalue weighted by molar-refractivity contribution is 0.0691. The molecule has 0 radical (unpaired) electrons. The average molecular weight is 406 g/mol. The van der Waals surface area contributed by atoms with Crippen LogP contribution in [-0.4, -0.2) is 41.0 Å². The number of thiazole rings is 1. The van der Waals surface area contributed by atoms with Gasteiger partial charge in [-0.25, -0.2) is 29.7 Å². The van der Waals surface area contributed by atoms with Crippen molar-refractivity contribution in [1.29, 1.82) is 0 Å². The molecule has 0 fully saturated rings. The van der Waals surface area contributed by atoms with Crippen LogP contribution in [-0.2, 0) is 0 Å². The highest BCUT2D eigenvalue weighted by molar-refractivity contribution is 7.14. The summed E-state index contributed by atoms with van der Waals surface area (Å²) in [5.74, 6) is 0.726. The normalized spacial score (nSPS) is 10.5. The number of rotatable bonds is 6. The molecule has 4 aromatic rings. The van der Waals surface area contributed by atoms with Gasteiger partial charge in [-0.15, -0.1) is 11.3 Å². The Hall–Kier alpha value is -3.99. The molecule has 0 atom stereocenters. The number of carboxylic acids is 1. The Morgan fingerprint density at radius 1 is 0.966 bits per heavy atom. The molecule has 0 aromatic carbocycles. The minimum absolute atomic E-state index is 0.0370. The maximum absolute atomic E-state index is 10.9. The first kappa shape index (κ1) is 18.4. The Morgan fingerprint density at radius 2 is 1.76 bits per heavy atom. The summed E-state index contributed by atoms with van der Waals surface area (Å²) >= 11 is 1.15.